The summed E-state index contributed by atoms with van der Waals surface area (Å²) in [5.74, 6) is 0. The highest BCUT2D eigenvalue weighted by atomic mass is 15.3. The first kappa shape index (κ1) is 13.1. The molecule has 2 aliphatic rings. The van der Waals surface area contributed by atoms with Gasteiger partial charge in [0.2, 0.25) is 0 Å². The van der Waals surface area contributed by atoms with E-state index < -0.39 is 0 Å². The summed E-state index contributed by atoms with van der Waals surface area (Å²) >= 11 is 0. The maximum atomic E-state index is 4.60. The van der Waals surface area contributed by atoms with Gasteiger partial charge in [0, 0.05) is 30.9 Å². The Morgan fingerprint density at radius 1 is 1.37 bits per heavy atom. The molecule has 0 bridgehead atoms. The summed E-state index contributed by atoms with van der Waals surface area (Å²) in [6, 6.07) is 4.12. The Labute approximate surface area is 116 Å². The number of aromatic nitrogens is 2. The van der Waals surface area contributed by atoms with Crippen LogP contribution in [0.4, 0.5) is 0 Å². The first-order chi connectivity index (χ1) is 9.22. The topological polar surface area (TPSA) is 33.1 Å². The van der Waals surface area contributed by atoms with Crippen LogP contribution in [0.3, 0.4) is 0 Å². The van der Waals surface area contributed by atoms with Gasteiger partial charge in [-0.25, -0.2) is 0 Å². The lowest BCUT2D eigenvalue weighted by atomic mass is 9.97. The first-order valence-electron chi connectivity index (χ1n) is 7.74. The number of hydrogen-bond acceptors (Lipinski definition) is 3. The van der Waals surface area contributed by atoms with Crippen LogP contribution in [0.2, 0.25) is 0 Å². The quantitative estimate of drug-likeness (QED) is 0.903. The van der Waals surface area contributed by atoms with Crippen LogP contribution in [0.25, 0.3) is 0 Å². The predicted octanol–water partition coefficient (Wildman–Crippen LogP) is 2.18. The molecule has 106 valence electrons. The lowest BCUT2D eigenvalue weighted by molar-refractivity contribution is 0.166. The second kappa shape index (κ2) is 5.63. The maximum Gasteiger partial charge on any atom is 0.0762 e. The van der Waals surface area contributed by atoms with Crippen molar-refractivity contribution in [3.63, 3.8) is 0 Å². The summed E-state index contributed by atoms with van der Waals surface area (Å²) in [5.41, 5.74) is 1.17. The minimum Gasteiger partial charge on any atom is -0.308 e. The largest absolute Gasteiger partial charge is 0.308 e. The van der Waals surface area contributed by atoms with Crippen LogP contribution < -0.4 is 5.32 Å². The summed E-state index contributed by atoms with van der Waals surface area (Å²) in [6.45, 7) is 7.86. The molecule has 0 amide bonds. The summed E-state index contributed by atoms with van der Waals surface area (Å²) in [4.78, 5) is 2.67. The average molecular weight is 262 g/mol. The van der Waals surface area contributed by atoms with Gasteiger partial charge < -0.3 is 10.2 Å². The highest BCUT2D eigenvalue weighted by molar-refractivity contribution is 5.00. The minimum absolute atomic E-state index is 0.454. The molecule has 3 rings (SSSR count). The van der Waals surface area contributed by atoms with Gasteiger partial charge in [-0.15, -0.1) is 0 Å². The van der Waals surface area contributed by atoms with Gasteiger partial charge in [0.1, 0.15) is 0 Å². The minimum atomic E-state index is 0.454. The smallest absolute Gasteiger partial charge is 0.0762 e. The van der Waals surface area contributed by atoms with Crippen LogP contribution >= 0.6 is 0 Å². The van der Waals surface area contributed by atoms with Crippen molar-refractivity contribution in [2.24, 2.45) is 0 Å². The van der Waals surface area contributed by atoms with Crippen molar-refractivity contribution in [3.05, 3.63) is 18.0 Å². The summed E-state index contributed by atoms with van der Waals surface area (Å²) < 4.78 is 2.04. The van der Waals surface area contributed by atoms with E-state index >= 15 is 0 Å². The van der Waals surface area contributed by atoms with E-state index in [1.807, 2.05) is 4.68 Å². The molecule has 4 heteroatoms. The molecule has 0 saturated carbocycles. The molecule has 19 heavy (non-hydrogen) atoms. The summed E-state index contributed by atoms with van der Waals surface area (Å²) in [7, 11) is 0. The van der Waals surface area contributed by atoms with Crippen molar-refractivity contribution < 1.29 is 0 Å². The molecule has 1 aromatic rings. The fraction of sp³-hybridized carbons (Fsp3) is 0.800. The normalized spacial score (nSPS) is 27.9. The van der Waals surface area contributed by atoms with E-state index in [4.69, 9.17) is 0 Å². The molecule has 2 atom stereocenters. The Morgan fingerprint density at radius 3 is 3.05 bits per heavy atom. The Balaban J connectivity index is 1.49. The van der Waals surface area contributed by atoms with Crippen molar-refractivity contribution in [3.8, 4) is 0 Å². The molecule has 3 heterocycles. The Kier molecular flexibility index (Phi) is 3.89. The number of rotatable bonds is 4. The zero-order valence-electron chi connectivity index (χ0n) is 12.2. The van der Waals surface area contributed by atoms with Gasteiger partial charge in [-0.05, 0) is 58.7 Å². The van der Waals surface area contributed by atoms with E-state index in [9.17, 15) is 0 Å². The molecule has 0 aromatic carbocycles. The average Bonchev–Trinajstić information content (AvgIpc) is 3.04. The second-order valence-electron chi connectivity index (χ2n) is 6.32. The van der Waals surface area contributed by atoms with Crippen LogP contribution in [0, 0.1) is 0 Å². The van der Waals surface area contributed by atoms with E-state index in [2.05, 4.69) is 41.4 Å². The Morgan fingerprint density at radius 2 is 2.26 bits per heavy atom. The lowest BCUT2D eigenvalue weighted by Crippen LogP contribution is -2.45. The fourth-order valence-corrected chi connectivity index (χ4v) is 3.42. The third kappa shape index (κ3) is 3.00. The fourth-order valence-electron chi connectivity index (χ4n) is 3.42. The van der Waals surface area contributed by atoms with Crippen LogP contribution in [0.1, 0.15) is 51.3 Å². The van der Waals surface area contributed by atoms with Crippen LogP contribution in [-0.2, 0) is 6.54 Å². The van der Waals surface area contributed by atoms with E-state index in [1.54, 1.807) is 0 Å². The second-order valence-corrected chi connectivity index (χ2v) is 6.32. The number of hydrogen-bond donors (Lipinski definition) is 1. The lowest BCUT2D eigenvalue weighted by Gasteiger charge is -2.35. The highest BCUT2D eigenvalue weighted by Gasteiger charge is 2.31. The third-order valence-corrected chi connectivity index (χ3v) is 4.58. The van der Waals surface area contributed by atoms with Gasteiger partial charge in [-0.3, -0.25) is 4.68 Å². The number of nitrogens with one attached hydrogen (secondary N) is 1. The van der Waals surface area contributed by atoms with Crippen LogP contribution in [0.15, 0.2) is 12.3 Å². The van der Waals surface area contributed by atoms with Crippen molar-refractivity contribution in [1.29, 1.82) is 0 Å². The van der Waals surface area contributed by atoms with Gasteiger partial charge in [0.15, 0.2) is 0 Å². The monoisotopic (exact) mass is 262 g/mol. The van der Waals surface area contributed by atoms with Crippen LogP contribution in [0.5, 0.6) is 0 Å². The van der Waals surface area contributed by atoms with Crippen molar-refractivity contribution in [2.75, 3.05) is 13.1 Å². The molecule has 2 saturated heterocycles. The Bertz CT molecular complexity index is 412. The number of fused-ring (bicyclic) bond motifs is 1. The van der Waals surface area contributed by atoms with E-state index in [1.165, 1.54) is 44.5 Å². The van der Waals surface area contributed by atoms with Crippen molar-refractivity contribution in [1.82, 2.24) is 20.0 Å². The summed E-state index contributed by atoms with van der Waals surface area (Å²) in [5, 5.41) is 8.30. The van der Waals surface area contributed by atoms with Gasteiger partial charge in [0.05, 0.1) is 5.69 Å². The van der Waals surface area contributed by atoms with Crippen LogP contribution in [-0.4, -0.2) is 39.9 Å². The SMILES string of the molecule is CC(C)n1ccc(CNC2CCN3CCCC3C2)n1. The van der Waals surface area contributed by atoms with Gasteiger partial charge in [0.25, 0.3) is 0 Å². The van der Waals surface area contributed by atoms with E-state index in [-0.39, 0.29) is 0 Å². The molecular formula is C15H26N4. The van der Waals surface area contributed by atoms with Crippen molar-refractivity contribution in [2.45, 2.75) is 64.2 Å². The maximum absolute atomic E-state index is 4.60. The molecule has 2 unspecified atom stereocenters. The zero-order valence-corrected chi connectivity index (χ0v) is 12.2. The molecule has 4 nitrogen and oxygen atoms in total. The van der Waals surface area contributed by atoms with Gasteiger partial charge in [-0.1, -0.05) is 0 Å². The molecule has 0 radical (unpaired) electrons. The Hall–Kier alpha value is -0.870. The van der Waals surface area contributed by atoms with Gasteiger partial charge >= 0.3 is 0 Å². The number of piperidine rings is 1. The first-order valence-corrected chi connectivity index (χ1v) is 7.74. The molecule has 2 aliphatic heterocycles. The standard InChI is InChI=1S/C15H26N4/c1-12(2)19-9-6-14(17-19)11-16-13-5-8-18-7-3-4-15(18)10-13/h6,9,12-13,15-16H,3-5,7-8,10-11H2,1-2H3. The molecule has 0 spiro atoms. The highest BCUT2D eigenvalue weighted by Crippen LogP contribution is 2.26. The molecule has 1 N–H and O–H groups in total. The molecular weight excluding hydrogens is 236 g/mol. The number of nitrogens with zero attached hydrogens (tertiary/aromatic N) is 3. The molecule has 2 fully saturated rings. The summed E-state index contributed by atoms with van der Waals surface area (Å²) in [6.07, 6.45) is 7.50. The predicted molar refractivity (Wildman–Crippen MR) is 77.1 cm³/mol. The molecule has 0 aliphatic carbocycles. The van der Waals surface area contributed by atoms with E-state index in [0.29, 0.717) is 12.1 Å². The third-order valence-electron chi connectivity index (χ3n) is 4.58. The van der Waals surface area contributed by atoms with E-state index in [0.717, 1.165) is 12.6 Å². The van der Waals surface area contributed by atoms with Crippen molar-refractivity contribution >= 4 is 0 Å². The zero-order chi connectivity index (χ0) is 13.2. The van der Waals surface area contributed by atoms with Gasteiger partial charge in [-0.2, -0.15) is 5.10 Å². The molecule has 1 aromatic heterocycles.